The monoisotopic (exact) mass is 259 g/mol. The minimum Gasteiger partial charge on any atom is -0.300 e. The normalized spacial score (nSPS) is 23.3. The van der Waals surface area contributed by atoms with Gasteiger partial charge in [-0.2, -0.15) is 5.53 Å². The topological polar surface area (TPSA) is 53.2 Å². The molecule has 1 saturated heterocycles. The van der Waals surface area contributed by atoms with Crippen molar-refractivity contribution in [2.75, 3.05) is 0 Å². The largest absolute Gasteiger partial charge is 0.300 e. The minimum absolute atomic E-state index is 0.273. The van der Waals surface area contributed by atoms with Crippen LogP contribution in [0.2, 0.25) is 0 Å². The molecule has 1 heterocycles. The van der Waals surface area contributed by atoms with Gasteiger partial charge in [0.15, 0.2) is 0 Å². The van der Waals surface area contributed by atoms with Crippen LogP contribution in [0.1, 0.15) is 49.7 Å². The first-order chi connectivity index (χ1) is 9.28. The van der Waals surface area contributed by atoms with E-state index in [-0.39, 0.29) is 5.66 Å². The van der Waals surface area contributed by atoms with Gasteiger partial charge in [0.25, 0.3) is 0 Å². The van der Waals surface area contributed by atoms with E-state index in [1.807, 2.05) is 0 Å². The Labute approximate surface area is 113 Å². The molecule has 4 nitrogen and oxygen atoms in total. The number of Topliss-reactive ketones (excluding diaryl/α,β-unsaturated/α-hetero) is 1. The molecule has 3 rings (SSSR count). The van der Waals surface area contributed by atoms with E-state index in [0.29, 0.717) is 12.2 Å². The molecule has 1 fully saturated rings. The molecule has 0 radical (unpaired) electrons. The zero-order chi connectivity index (χ0) is 13.1. The van der Waals surface area contributed by atoms with Crippen molar-refractivity contribution in [2.24, 2.45) is 0 Å². The van der Waals surface area contributed by atoms with Gasteiger partial charge in [-0.15, -0.1) is 0 Å². The third-order valence-electron chi connectivity index (χ3n) is 4.17. The van der Waals surface area contributed by atoms with Crippen LogP contribution in [0, 0.1) is 0 Å². The quantitative estimate of drug-likeness (QED) is 0.666. The highest BCUT2D eigenvalue weighted by atomic mass is 16.1. The van der Waals surface area contributed by atoms with Crippen molar-refractivity contribution < 1.29 is 4.79 Å². The Hall–Kier alpha value is -1.23. The predicted molar refractivity (Wildman–Crippen MR) is 73.9 cm³/mol. The number of ketones is 1. The molecule has 0 aromatic heterocycles. The number of hydrogen-bond donors (Lipinski definition) is 3. The van der Waals surface area contributed by atoms with Crippen LogP contribution >= 0.6 is 0 Å². The van der Waals surface area contributed by atoms with Gasteiger partial charge in [-0.05, 0) is 36.8 Å². The van der Waals surface area contributed by atoms with E-state index in [4.69, 9.17) is 0 Å². The maximum absolute atomic E-state index is 11.9. The molecule has 1 aliphatic heterocycles. The molecule has 0 atom stereocenters. The Bertz CT molecular complexity index is 468. The molecular formula is C15H21N3O. The highest BCUT2D eigenvalue weighted by molar-refractivity contribution is 5.78. The van der Waals surface area contributed by atoms with Gasteiger partial charge in [0.1, 0.15) is 11.4 Å². The van der Waals surface area contributed by atoms with Crippen LogP contribution in [0.15, 0.2) is 24.3 Å². The van der Waals surface area contributed by atoms with Crippen LogP contribution in [-0.4, -0.2) is 5.78 Å². The molecule has 1 aromatic rings. The summed E-state index contributed by atoms with van der Waals surface area (Å²) in [6, 6.07) is 8.69. The Morgan fingerprint density at radius 1 is 1.00 bits per heavy atom. The third kappa shape index (κ3) is 2.71. The van der Waals surface area contributed by atoms with Crippen LogP contribution in [0.5, 0.6) is 0 Å². The number of nitrogens with one attached hydrogen (secondary N) is 3. The van der Waals surface area contributed by atoms with Crippen LogP contribution in [0.3, 0.4) is 0 Å². The fraction of sp³-hybridized carbons (Fsp3) is 0.533. The SMILES string of the molecule is O=C1CCCCCc2cccc(c2)C2(CC1)NNN2. The van der Waals surface area contributed by atoms with E-state index in [1.165, 1.54) is 17.5 Å². The average Bonchev–Trinajstić information content (AvgIpc) is 2.36. The molecule has 1 aliphatic carbocycles. The van der Waals surface area contributed by atoms with Crippen molar-refractivity contribution in [1.29, 1.82) is 0 Å². The van der Waals surface area contributed by atoms with Crippen molar-refractivity contribution >= 4 is 5.78 Å². The maximum atomic E-state index is 11.9. The van der Waals surface area contributed by atoms with E-state index in [2.05, 4.69) is 40.7 Å². The molecule has 1 aromatic carbocycles. The van der Waals surface area contributed by atoms with Gasteiger partial charge in [0.05, 0.1) is 0 Å². The molecule has 3 N–H and O–H groups in total. The Balaban J connectivity index is 1.87. The van der Waals surface area contributed by atoms with E-state index >= 15 is 0 Å². The van der Waals surface area contributed by atoms with Gasteiger partial charge in [-0.3, -0.25) is 4.79 Å². The summed E-state index contributed by atoms with van der Waals surface area (Å²) in [6.07, 6.45) is 6.61. The Morgan fingerprint density at radius 3 is 2.63 bits per heavy atom. The lowest BCUT2D eigenvalue weighted by atomic mass is 9.89. The number of fused-ring (bicyclic) bond motifs is 3. The summed E-state index contributed by atoms with van der Waals surface area (Å²) in [6.45, 7) is 0. The van der Waals surface area contributed by atoms with Crippen LogP contribution in [0.25, 0.3) is 0 Å². The fourth-order valence-electron chi connectivity index (χ4n) is 2.90. The number of carbonyl (C=O) groups excluding carboxylic acids is 1. The molecule has 2 aliphatic rings. The first-order valence-electron chi connectivity index (χ1n) is 7.19. The second kappa shape index (κ2) is 5.41. The fourth-order valence-corrected chi connectivity index (χ4v) is 2.90. The predicted octanol–water partition coefficient (Wildman–Crippen LogP) is 1.92. The molecule has 19 heavy (non-hydrogen) atoms. The zero-order valence-corrected chi connectivity index (χ0v) is 11.2. The molecule has 2 bridgehead atoms. The van der Waals surface area contributed by atoms with Crippen molar-refractivity contribution in [3.05, 3.63) is 35.4 Å². The molecule has 0 amide bonds. The highest BCUT2D eigenvalue weighted by Crippen LogP contribution is 2.28. The van der Waals surface area contributed by atoms with Crippen molar-refractivity contribution in [3.8, 4) is 0 Å². The zero-order valence-electron chi connectivity index (χ0n) is 11.2. The lowest BCUT2D eigenvalue weighted by Crippen LogP contribution is -2.76. The van der Waals surface area contributed by atoms with E-state index in [0.717, 1.165) is 32.1 Å². The molecule has 0 unspecified atom stereocenters. The third-order valence-corrected chi connectivity index (χ3v) is 4.17. The number of carbonyl (C=O) groups is 1. The minimum atomic E-state index is -0.273. The van der Waals surface area contributed by atoms with E-state index < -0.39 is 0 Å². The second-order valence-electron chi connectivity index (χ2n) is 5.58. The number of benzene rings is 1. The van der Waals surface area contributed by atoms with Gasteiger partial charge in [-0.1, -0.05) is 30.7 Å². The van der Waals surface area contributed by atoms with Crippen molar-refractivity contribution in [1.82, 2.24) is 16.4 Å². The summed E-state index contributed by atoms with van der Waals surface area (Å²) in [5.41, 5.74) is 11.7. The number of hydrogen-bond acceptors (Lipinski definition) is 4. The number of aryl methyl sites for hydroxylation is 1. The Kier molecular flexibility index (Phi) is 3.64. The van der Waals surface area contributed by atoms with Crippen LogP contribution in [0.4, 0.5) is 0 Å². The summed E-state index contributed by atoms with van der Waals surface area (Å²) < 4.78 is 0. The molecule has 4 heteroatoms. The van der Waals surface area contributed by atoms with Crippen molar-refractivity contribution in [2.45, 2.75) is 50.6 Å². The van der Waals surface area contributed by atoms with Gasteiger partial charge < -0.3 is 0 Å². The maximum Gasteiger partial charge on any atom is 0.133 e. The van der Waals surface area contributed by atoms with E-state index in [9.17, 15) is 4.79 Å². The second-order valence-corrected chi connectivity index (χ2v) is 5.58. The first-order valence-corrected chi connectivity index (χ1v) is 7.19. The molecule has 1 spiro atoms. The smallest absolute Gasteiger partial charge is 0.133 e. The van der Waals surface area contributed by atoms with E-state index in [1.54, 1.807) is 0 Å². The van der Waals surface area contributed by atoms with Crippen LogP contribution < -0.4 is 16.4 Å². The summed E-state index contributed by atoms with van der Waals surface area (Å²) in [5.74, 6) is 0.381. The highest BCUT2D eigenvalue weighted by Gasteiger charge is 2.38. The van der Waals surface area contributed by atoms with Gasteiger partial charge in [-0.25, -0.2) is 10.9 Å². The summed E-state index contributed by atoms with van der Waals surface area (Å²) in [4.78, 5) is 11.9. The van der Waals surface area contributed by atoms with Gasteiger partial charge >= 0.3 is 0 Å². The molecular weight excluding hydrogens is 238 g/mol. The average molecular weight is 259 g/mol. The lowest BCUT2D eigenvalue weighted by molar-refractivity contribution is -0.120. The molecule has 0 saturated carbocycles. The van der Waals surface area contributed by atoms with Crippen LogP contribution in [-0.2, 0) is 16.9 Å². The first kappa shape index (κ1) is 12.8. The van der Waals surface area contributed by atoms with Crippen molar-refractivity contribution in [3.63, 3.8) is 0 Å². The van der Waals surface area contributed by atoms with Gasteiger partial charge in [0.2, 0.25) is 0 Å². The summed E-state index contributed by atoms with van der Waals surface area (Å²) >= 11 is 0. The number of rotatable bonds is 0. The standard InChI is InChI=1S/C15H21N3O/c19-14-8-3-1-2-5-12-6-4-7-13(11-12)15(10-9-14)16-18-17-15/h4,6-7,11,16-18H,1-3,5,8-10H2. The number of hydrazine groups is 2. The molecule has 102 valence electrons. The Morgan fingerprint density at radius 2 is 1.84 bits per heavy atom. The summed E-state index contributed by atoms with van der Waals surface area (Å²) in [5, 5.41) is 0. The van der Waals surface area contributed by atoms with Gasteiger partial charge in [0, 0.05) is 12.8 Å². The lowest BCUT2D eigenvalue weighted by Gasteiger charge is -2.45. The summed E-state index contributed by atoms with van der Waals surface area (Å²) in [7, 11) is 0.